The SMILES string of the molecule is CC(C)CCCC(C)Nc1ccc2scnc2c1[N+](=O)[O-]. The van der Waals surface area contributed by atoms with Gasteiger partial charge in [0.05, 0.1) is 15.1 Å². The Morgan fingerprint density at radius 2 is 2.10 bits per heavy atom. The molecule has 5 nitrogen and oxygen atoms in total. The Bertz CT molecular complexity index is 624. The van der Waals surface area contributed by atoms with Gasteiger partial charge in [0, 0.05) is 6.04 Å². The van der Waals surface area contributed by atoms with Gasteiger partial charge in [0.15, 0.2) is 5.52 Å². The van der Waals surface area contributed by atoms with Crippen molar-refractivity contribution in [3.8, 4) is 0 Å². The maximum atomic E-state index is 11.3. The van der Waals surface area contributed by atoms with Crippen LogP contribution in [0.25, 0.3) is 10.2 Å². The molecule has 2 aromatic rings. The number of fused-ring (bicyclic) bond motifs is 1. The van der Waals surface area contributed by atoms with E-state index in [2.05, 4.69) is 31.1 Å². The summed E-state index contributed by atoms with van der Waals surface area (Å²) in [6.07, 6.45) is 3.31. The predicted octanol–water partition coefficient (Wildman–Crippen LogP) is 4.83. The monoisotopic (exact) mass is 307 g/mol. The van der Waals surface area contributed by atoms with Crippen molar-refractivity contribution in [3.05, 3.63) is 27.8 Å². The van der Waals surface area contributed by atoms with Crippen molar-refractivity contribution in [1.29, 1.82) is 0 Å². The zero-order chi connectivity index (χ0) is 15.4. The molecule has 0 saturated heterocycles. The lowest BCUT2D eigenvalue weighted by Crippen LogP contribution is -2.16. The summed E-state index contributed by atoms with van der Waals surface area (Å²) >= 11 is 1.42. The van der Waals surface area contributed by atoms with Crippen LogP contribution in [-0.4, -0.2) is 15.9 Å². The Labute approximate surface area is 128 Å². The molecule has 0 radical (unpaired) electrons. The lowest BCUT2D eigenvalue weighted by molar-refractivity contribution is -0.382. The first-order valence-corrected chi connectivity index (χ1v) is 8.14. The molecule has 21 heavy (non-hydrogen) atoms. The summed E-state index contributed by atoms with van der Waals surface area (Å²) in [7, 11) is 0. The molecule has 0 saturated carbocycles. The van der Waals surface area contributed by atoms with Gasteiger partial charge in [-0.3, -0.25) is 10.1 Å². The van der Waals surface area contributed by atoms with Crippen molar-refractivity contribution in [3.63, 3.8) is 0 Å². The molecule has 0 amide bonds. The molecule has 1 aromatic heterocycles. The molecular formula is C15H21N3O2S. The molecule has 1 aromatic carbocycles. The summed E-state index contributed by atoms with van der Waals surface area (Å²) in [6.45, 7) is 6.48. The van der Waals surface area contributed by atoms with Gasteiger partial charge < -0.3 is 5.32 Å². The highest BCUT2D eigenvalue weighted by Gasteiger charge is 2.21. The predicted molar refractivity (Wildman–Crippen MR) is 88.0 cm³/mol. The quantitative estimate of drug-likeness (QED) is 0.587. The van der Waals surface area contributed by atoms with Gasteiger partial charge in [-0.05, 0) is 31.4 Å². The highest BCUT2D eigenvalue weighted by atomic mass is 32.1. The van der Waals surface area contributed by atoms with Gasteiger partial charge in [-0.2, -0.15) is 0 Å². The molecule has 0 aliphatic heterocycles. The molecule has 0 aliphatic rings. The fourth-order valence-electron chi connectivity index (χ4n) is 2.39. The van der Waals surface area contributed by atoms with Crippen LogP contribution in [-0.2, 0) is 0 Å². The van der Waals surface area contributed by atoms with Crippen molar-refractivity contribution in [2.24, 2.45) is 5.92 Å². The average molecular weight is 307 g/mol. The molecule has 0 aliphatic carbocycles. The van der Waals surface area contributed by atoms with Crippen molar-refractivity contribution >= 4 is 32.9 Å². The van der Waals surface area contributed by atoms with Crippen LogP contribution in [0.15, 0.2) is 17.6 Å². The summed E-state index contributed by atoms with van der Waals surface area (Å²) < 4.78 is 0.847. The van der Waals surface area contributed by atoms with E-state index in [0.29, 0.717) is 17.1 Å². The third-order valence-corrected chi connectivity index (χ3v) is 4.27. The van der Waals surface area contributed by atoms with Crippen LogP contribution >= 0.6 is 11.3 Å². The first-order chi connectivity index (χ1) is 9.99. The van der Waals surface area contributed by atoms with Crippen LogP contribution in [0.1, 0.15) is 40.0 Å². The summed E-state index contributed by atoms with van der Waals surface area (Å²) in [4.78, 5) is 15.1. The third-order valence-electron chi connectivity index (χ3n) is 3.48. The van der Waals surface area contributed by atoms with Gasteiger partial charge in [-0.1, -0.05) is 26.7 Å². The number of hydrogen-bond acceptors (Lipinski definition) is 5. The second-order valence-electron chi connectivity index (χ2n) is 5.79. The van der Waals surface area contributed by atoms with Crippen LogP contribution in [0.5, 0.6) is 0 Å². The summed E-state index contributed by atoms with van der Waals surface area (Å²) in [5, 5.41) is 14.6. The van der Waals surface area contributed by atoms with Gasteiger partial charge in [0.2, 0.25) is 0 Å². The Morgan fingerprint density at radius 1 is 1.33 bits per heavy atom. The van der Waals surface area contributed by atoms with Gasteiger partial charge in [-0.25, -0.2) is 4.98 Å². The third kappa shape index (κ3) is 3.91. The number of benzene rings is 1. The Balaban J connectivity index is 2.14. The minimum Gasteiger partial charge on any atom is -0.377 e. The Hall–Kier alpha value is -1.69. The Morgan fingerprint density at radius 3 is 2.76 bits per heavy atom. The molecule has 6 heteroatoms. The smallest absolute Gasteiger partial charge is 0.319 e. The molecule has 0 spiro atoms. The number of nitro benzene ring substituents is 1. The average Bonchev–Trinajstić information content (AvgIpc) is 2.85. The highest BCUT2D eigenvalue weighted by Crippen LogP contribution is 2.34. The van der Waals surface area contributed by atoms with E-state index in [0.717, 1.165) is 17.5 Å². The number of thiazole rings is 1. The molecule has 1 unspecified atom stereocenters. The molecule has 0 fully saturated rings. The van der Waals surface area contributed by atoms with E-state index in [-0.39, 0.29) is 16.7 Å². The number of rotatable bonds is 7. The molecule has 0 bridgehead atoms. The molecule has 1 heterocycles. The van der Waals surface area contributed by atoms with E-state index in [1.165, 1.54) is 17.8 Å². The molecule has 114 valence electrons. The zero-order valence-corrected chi connectivity index (χ0v) is 13.4. The van der Waals surface area contributed by atoms with Crippen molar-refractivity contribution in [1.82, 2.24) is 4.98 Å². The van der Waals surface area contributed by atoms with Crippen molar-refractivity contribution < 1.29 is 4.92 Å². The molecule has 2 rings (SSSR count). The van der Waals surface area contributed by atoms with E-state index < -0.39 is 0 Å². The first kappa shape index (κ1) is 15.7. The van der Waals surface area contributed by atoms with E-state index in [4.69, 9.17) is 0 Å². The number of hydrogen-bond donors (Lipinski definition) is 1. The molecular weight excluding hydrogens is 286 g/mol. The lowest BCUT2D eigenvalue weighted by atomic mass is 10.0. The number of anilines is 1. The van der Waals surface area contributed by atoms with E-state index in [1.807, 2.05) is 6.07 Å². The first-order valence-electron chi connectivity index (χ1n) is 7.26. The van der Waals surface area contributed by atoms with E-state index in [1.54, 1.807) is 11.6 Å². The normalized spacial score (nSPS) is 12.8. The Kier molecular flexibility index (Phi) is 5.12. The largest absolute Gasteiger partial charge is 0.377 e. The van der Waals surface area contributed by atoms with Gasteiger partial charge in [-0.15, -0.1) is 11.3 Å². The topological polar surface area (TPSA) is 68.1 Å². The minimum atomic E-state index is -0.342. The maximum absolute atomic E-state index is 11.3. The highest BCUT2D eigenvalue weighted by molar-refractivity contribution is 7.16. The molecule has 1 atom stereocenters. The second kappa shape index (κ2) is 6.85. The summed E-state index contributed by atoms with van der Waals surface area (Å²) in [5.41, 5.74) is 2.78. The van der Waals surface area contributed by atoms with Crippen LogP contribution < -0.4 is 5.32 Å². The van der Waals surface area contributed by atoms with Crippen LogP contribution in [0.3, 0.4) is 0 Å². The number of nitrogens with one attached hydrogen (secondary N) is 1. The van der Waals surface area contributed by atoms with Gasteiger partial charge in [0.1, 0.15) is 5.69 Å². The second-order valence-corrected chi connectivity index (χ2v) is 6.67. The van der Waals surface area contributed by atoms with Crippen molar-refractivity contribution in [2.45, 2.75) is 46.1 Å². The standard InChI is InChI=1S/C15H21N3O2S/c1-10(2)5-4-6-11(3)17-12-7-8-13-14(16-9-21-13)15(12)18(19)20/h7-11,17H,4-6H2,1-3H3. The van der Waals surface area contributed by atoms with E-state index in [9.17, 15) is 10.1 Å². The van der Waals surface area contributed by atoms with Crippen LogP contribution in [0.4, 0.5) is 11.4 Å². The zero-order valence-electron chi connectivity index (χ0n) is 12.6. The maximum Gasteiger partial charge on any atom is 0.319 e. The summed E-state index contributed by atoms with van der Waals surface area (Å²) in [6, 6.07) is 3.89. The fraction of sp³-hybridized carbons (Fsp3) is 0.533. The number of nitrogens with zero attached hydrogens (tertiary/aromatic N) is 2. The summed E-state index contributed by atoms with van der Waals surface area (Å²) in [5.74, 6) is 0.692. The van der Waals surface area contributed by atoms with Gasteiger partial charge in [0.25, 0.3) is 0 Å². The van der Waals surface area contributed by atoms with E-state index >= 15 is 0 Å². The van der Waals surface area contributed by atoms with Crippen LogP contribution in [0, 0.1) is 16.0 Å². The minimum absolute atomic E-state index is 0.0875. The number of aromatic nitrogens is 1. The van der Waals surface area contributed by atoms with Crippen molar-refractivity contribution in [2.75, 3.05) is 5.32 Å². The molecule has 1 N–H and O–H groups in total. The lowest BCUT2D eigenvalue weighted by Gasteiger charge is -2.16. The number of nitro groups is 1. The fourth-order valence-corrected chi connectivity index (χ4v) is 3.07. The van der Waals surface area contributed by atoms with Crippen LogP contribution in [0.2, 0.25) is 0 Å². The van der Waals surface area contributed by atoms with Gasteiger partial charge >= 0.3 is 5.69 Å².